The molecule has 2 aromatic rings. The summed E-state index contributed by atoms with van der Waals surface area (Å²) < 4.78 is 20.9. The Hall–Kier alpha value is -3.33. The molecule has 0 saturated heterocycles. The van der Waals surface area contributed by atoms with Gasteiger partial charge in [-0.25, -0.2) is 9.59 Å². The number of halogens is 1. The normalized spacial score (nSPS) is 12.6. The summed E-state index contributed by atoms with van der Waals surface area (Å²) in [4.78, 5) is 34.5. The van der Waals surface area contributed by atoms with Gasteiger partial charge in [0.1, 0.15) is 6.61 Å². The quantitative estimate of drug-likeness (QED) is 0.409. The summed E-state index contributed by atoms with van der Waals surface area (Å²) in [5.74, 6) is -0.774. The molecular formula is C19H16ClNO8. The highest BCUT2D eigenvalue weighted by atomic mass is 35.5. The van der Waals surface area contributed by atoms with E-state index in [1.165, 1.54) is 6.07 Å². The van der Waals surface area contributed by atoms with Crippen molar-refractivity contribution in [3.8, 4) is 11.5 Å². The molecule has 0 amide bonds. The molecule has 1 aliphatic heterocycles. The van der Waals surface area contributed by atoms with Crippen LogP contribution in [-0.4, -0.2) is 37.2 Å². The number of nitrogens with zero attached hydrogens (tertiary/aromatic N) is 1. The third-order valence-corrected chi connectivity index (χ3v) is 4.30. The van der Waals surface area contributed by atoms with Crippen LogP contribution in [0.4, 0.5) is 5.69 Å². The van der Waals surface area contributed by atoms with Crippen molar-refractivity contribution in [3.63, 3.8) is 0 Å². The number of hydrogen-bond donors (Lipinski definition) is 0. The van der Waals surface area contributed by atoms with Gasteiger partial charge >= 0.3 is 11.9 Å². The predicted molar refractivity (Wildman–Crippen MR) is 101 cm³/mol. The second-order valence-corrected chi connectivity index (χ2v) is 6.46. The maximum Gasteiger partial charge on any atom is 0.338 e. The van der Waals surface area contributed by atoms with Crippen molar-refractivity contribution in [1.29, 1.82) is 0 Å². The summed E-state index contributed by atoms with van der Waals surface area (Å²) in [6.45, 7) is 0.790. The summed E-state index contributed by atoms with van der Waals surface area (Å²) in [6, 6.07) is 6.44. The number of rotatable bonds is 5. The van der Waals surface area contributed by atoms with E-state index in [4.69, 9.17) is 25.8 Å². The zero-order chi connectivity index (χ0) is 21.0. The fourth-order valence-corrected chi connectivity index (χ4v) is 2.96. The highest BCUT2D eigenvalue weighted by Gasteiger charge is 2.20. The molecular weight excluding hydrogens is 406 g/mol. The Balaban J connectivity index is 1.80. The van der Waals surface area contributed by atoms with Crippen molar-refractivity contribution in [3.05, 3.63) is 62.2 Å². The predicted octanol–water partition coefficient (Wildman–Crippen LogP) is 3.55. The molecule has 10 heteroatoms. The van der Waals surface area contributed by atoms with Crippen molar-refractivity contribution >= 4 is 29.2 Å². The Labute approximate surface area is 170 Å². The molecule has 0 unspecified atom stereocenters. The molecule has 0 radical (unpaired) electrons. The van der Waals surface area contributed by atoms with Crippen LogP contribution < -0.4 is 9.47 Å². The van der Waals surface area contributed by atoms with E-state index in [2.05, 4.69) is 4.74 Å². The van der Waals surface area contributed by atoms with Crippen molar-refractivity contribution in [2.24, 2.45) is 0 Å². The third kappa shape index (κ3) is 4.75. The van der Waals surface area contributed by atoms with Gasteiger partial charge in [-0.2, -0.15) is 0 Å². The summed E-state index contributed by atoms with van der Waals surface area (Å²) in [6.07, 6.45) is 0.713. The number of fused-ring (bicyclic) bond motifs is 1. The molecule has 0 aliphatic carbocycles. The molecule has 9 nitrogen and oxygen atoms in total. The lowest BCUT2D eigenvalue weighted by molar-refractivity contribution is -0.384. The molecule has 0 fully saturated rings. The van der Waals surface area contributed by atoms with E-state index < -0.39 is 22.5 Å². The zero-order valence-corrected chi connectivity index (χ0v) is 16.1. The number of carbonyl (C=O) groups is 2. The number of nitro groups is 1. The topological polar surface area (TPSA) is 114 Å². The molecule has 3 rings (SSSR count). The van der Waals surface area contributed by atoms with E-state index in [9.17, 15) is 19.7 Å². The summed E-state index contributed by atoms with van der Waals surface area (Å²) in [5.41, 5.74) is -0.169. The number of carbonyl (C=O) groups excluding carboxylic acids is 2. The number of esters is 2. The lowest BCUT2D eigenvalue weighted by Crippen LogP contribution is -2.09. The van der Waals surface area contributed by atoms with Crippen molar-refractivity contribution in [2.45, 2.75) is 13.0 Å². The van der Waals surface area contributed by atoms with Gasteiger partial charge in [0.15, 0.2) is 11.5 Å². The fraction of sp³-hybridized carbons (Fsp3) is 0.263. The Bertz CT molecular complexity index is 975. The third-order valence-electron chi connectivity index (χ3n) is 4.02. The summed E-state index contributed by atoms with van der Waals surface area (Å²) in [7, 11) is 1.13. The second kappa shape index (κ2) is 8.78. The molecule has 0 saturated carbocycles. The average molecular weight is 422 g/mol. The lowest BCUT2D eigenvalue weighted by Gasteiger charge is -2.12. The van der Waals surface area contributed by atoms with Gasteiger partial charge < -0.3 is 18.9 Å². The van der Waals surface area contributed by atoms with Gasteiger partial charge in [-0.05, 0) is 23.8 Å². The van der Waals surface area contributed by atoms with Crippen LogP contribution in [0.25, 0.3) is 0 Å². The minimum atomic E-state index is -0.845. The molecule has 1 heterocycles. The minimum Gasteiger partial charge on any atom is -0.489 e. The fourth-order valence-electron chi connectivity index (χ4n) is 2.67. The first-order valence-electron chi connectivity index (χ1n) is 8.52. The smallest absolute Gasteiger partial charge is 0.338 e. The van der Waals surface area contributed by atoms with Gasteiger partial charge in [-0.3, -0.25) is 10.1 Å². The number of ether oxygens (including phenoxy) is 4. The summed E-state index contributed by atoms with van der Waals surface area (Å²) >= 11 is 6.21. The van der Waals surface area contributed by atoms with Crippen LogP contribution in [0, 0.1) is 10.1 Å². The Morgan fingerprint density at radius 3 is 2.48 bits per heavy atom. The van der Waals surface area contributed by atoms with Gasteiger partial charge in [0.2, 0.25) is 0 Å². The van der Waals surface area contributed by atoms with E-state index in [-0.39, 0.29) is 17.7 Å². The Kier molecular flexibility index (Phi) is 6.18. The number of nitro benzene ring substituents is 1. The Morgan fingerprint density at radius 2 is 1.79 bits per heavy atom. The zero-order valence-electron chi connectivity index (χ0n) is 15.3. The van der Waals surface area contributed by atoms with Crippen LogP contribution >= 0.6 is 11.6 Å². The number of non-ortho nitro benzene ring substituents is 1. The van der Waals surface area contributed by atoms with E-state index in [1.54, 1.807) is 12.1 Å². The first kappa shape index (κ1) is 20.4. The molecule has 152 valence electrons. The minimum absolute atomic E-state index is 0.132. The van der Waals surface area contributed by atoms with Crippen LogP contribution in [0.1, 0.15) is 32.7 Å². The van der Waals surface area contributed by atoms with Gasteiger partial charge in [0.25, 0.3) is 5.69 Å². The molecule has 0 spiro atoms. The lowest BCUT2D eigenvalue weighted by atomic mass is 10.1. The van der Waals surface area contributed by atoms with Crippen LogP contribution in [0.2, 0.25) is 5.02 Å². The first-order valence-corrected chi connectivity index (χ1v) is 8.90. The van der Waals surface area contributed by atoms with Crippen molar-refractivity contribution < 1.29 is 33.5 Å². The average Bonchev–Trinajstić information content (AvgIpc) is 2.96. The van der Waals surface area contributed by atoms with E-state index in [0.29, 0.717) is 41.7 Å². The van der Waals surface area contributed by atoms with E-state index in [1.807, 2.05) is 0 Å². The van der Waals surface area contributed by atoms with Crippen LogP contribution in [0.5, 0.6) is 11.5 Å². The number of hydrogen-bond acceptors (Lipinski definition) is 8. The highest BCUT2D eigenvalue weighted by molar-refractivity contribution is 6.32. The number of benzene rings is 2. The standard InChI is InChI=1S/C19H16ClNO8/c1-26-18(22)12-7-13(9-14(8-12)21(24)25)19(23)29-10-11-5-15(20)17-16(6-11)27-3-2-4-28-17/h5-9H,2-4,10H2,1H3. The molecule has 0 aromatic heterocycles. The maximum absolute atomic E-state index is 12.4. The Morgan fingerprint density at radius 1 is 1.10 bits per heavy atom. The SMILES string of the molecule is COC(=O)c1cc(C(=O)OCc2cc(Cl)c3c(c2)OCCCO3)cc([N+](=O)[O-])c1. The second-order valence-electron chi connectivity index (χ2n) is 6.05. The van der Waals surface area contributed by atoms with Crippen molar-refractivity contribution in [1.82, 2.24) is 0 Å². The van der Waals surface area contributed by atoms with Gasteiger partial charge in [0, 0.05) is 18.6 Å². The van der Waals surface area contributed by atoms with Crippen LogP contribution in [0.3, 0.4) is 0 Å². The van der Waals surface area contributed by atoms with Gasteiger partial charge in [-0.1, -0.05) is 11.6 Å². The number of methoxy groups -OCH3 is 1. The molecule has 2 aromatic carbocycles. The van der Waals surface area contributed by atoms with Crippen LogP contribution in [0.15, 0.2) is 30.3 Å². The van der Waals surface area contributed by atoms with Gasteiger partial charge in [0.05, 0.1) is 41.4 Å². The van der Waals surface area contributed by atoms with E-state index in [0.717, 1.165) is 19.2 Å². The molecule has 29 heavy (non-hydrogen) atoms. The first-order chi connectivity index (χ1) is 13.9. The molecule has 0 bridgehead atoms. The van der Waals surface area contributed by atoms with Gasteiger partial charge in [-0.15, -0.1) is 0 Å². The van der Waals surface area contributed by atoms with E-state index >= 15 is 0 Å². The highest BCUT2D eigenvalue weighted by Crippen LogP contribution is 2.38. The molecule has 0 atom stereocenters. The summed E-state index contributed by atoms with van der Waals surface area (Å²) in [5, 5.41) is 11.4. The van der Waals surface area contributed by atoms with Crippen molar-refractivity contribution in [2.75, 3.05) is 20.3 Å². The molecule has 1 aliphatic rings. The van der Waals surface area contributed by atoms with Crippen LogP contribution in [-0.2, 0) is 16.1 Å². The molecule has 0 N–H and O–H groups in total. The largest absolute Gasteiger partial charge is 0.489 e. The monoisotopic (exact) mass is 421 g/mol. The maximum atomic E-state index is 12.4.